The van der Waals surface area contributed by atoms with Crippen molar-refractivity contribution in [2.24, 2.45) is 0 Å². The van der Waals surface area contributed by atoms with Gasteiger partial charge in [-0.2, -0.15) is 0 Å². The maximum Gasteiger partial charge on any atom is 0.321 e. The molecule has 2 nitrogen and oxygen atoms in total. The molecule has 2 aromatic rings. The van der Waals surface area contributed by atoms with E-state index >= 15 is 0 Å². The molecule has 2 rings (SSSR count). The third-order valence-corrected chi connectivity index (χ3v) is 6.85. The van der Waals surface area contributed by atoms with Crippen molar-refractivity contribution in [1.82, 2.24) is 0 Å². The summed E-state index contributed by atoms with van der Waals surface area (Å²) in [4.78, 5) is 13.2. The Morgan fingerprint density at radius 1 is 0.636 bits per heavy atom. The van der Waals surface area contributed by atoms with E-state index in [0.717, 1.165) is 18.4 Å². The molecule has 0 amide bonds. The Labute approximate surface area is 203 Å². The number of carbonyl (C=O) groups excluding carboxylic acids is 1. The van der Waals surface area contributed by atoms with Gasteiger partial charge in [0.25, 0.3) is 0 Å². The number of benzene rings is 2. The Hall–Kier alpha value is -2.09. The van der Waals surface area contributed by atoms with Crippen molar-refractivity contribution < 1.29 is 9.53 Å². The van der Waals surface area contributed by atoms with E-state index in [1.807, 2.05) is 55.5 Å². The van der Waals surface area contributed by atoms with Crippen molar-refractivity contribution >= 4 is 5.97 Å². The largest absolute Gasteiger partial charge is 0.426 e. The van der Waals surface area contributed by atoms with Crippen LogP contribution in [0.1, 0.15) is 116 Å². The smallest absolute Gasteiger partial charge is 0.321 e. The number of carbonyl (C=O) groups is 1. The SMILES string of the molecule is CCCCCCCCCCCCCCCCC(C)(C(=O)Oc1ccccc1)c1ccccc1. The van der Waals surface area contributed by atoms with E-state index < -0.39 is 5.41 Å². The molecule has 1 unspecified atom stereocenters. The summed E-state index contributed by atoms with van der Waals surface area (Å²) in [7, 11) is 0. The Bertz CT molecular complexity index is 740. The van der Waals surface area contributed by atoms with Gasteiger partial charge < -0.3 is 4.74 Å². The second-order valence-corrected chi connectivity index (χ2v) is 9.75. The fourth-order valence-corrected chi connectivity index (χ4v) is 4.55. The van der Waals surface area contributed by atoms with Crippen molar-refractivity contribution in [3.8, 4) is 5.75 Å². The number of unbranched alkanes of at least 4 members (excludes halogenated alkanes) is 13. The molecule has 0 saturated carbocycles. The molecule has 0 heterocycles. The molecule has 0 aliphatic rings. The lowest BCUT2D eigenvalue weighted by molar-refractivity contribution is -0.140. The molecule has 0 aromatic heterocycles. The van der Waals surface area contributed by atoms with Crippen LogP contribution in [-0.4, -0.2) is 5.97 Å². The molecule has 2 aromatic carbocycles. The highest BCUT2D eigenvalue weighted by atomic mass is 16.5. The van der Waals surface area contributed by atoms with Crippen molar-refractivity contribution in [3.63, 3.8) is 0 Å². The lowest BCUT2D eigenvalue weighted by Crippen LogP contribution is -2.36. The van der Waals surface area contributed by atoms with Gasteiger partial charge in [0.15, 0.2) is 0 Å². The summed E-state index contributed by atoms with van der Waals surface area (Å²) in [5.41, 5.74) is 0.425. The van der Waals surface area contributed by atoms with Crippen LogP contribution in [0.3, 0.4) is 0 Å². The Morgan fingerprint density at radius 3 is 1.55 bits per heavy atom. The second-order valence-electron chi connectivity index (χ2n) is 9.75. The predicted molar refractivity (Wildman–Crippen MR) is 141 cm³/mol. The van der Waals surface area contributed by atoms with Crippen LogP contribution in [0.2, 0.25) is 0 Å². The molecule has 0 N–H and O–H groups in total. The highest BCUT2D eigenvalue weighted by molar-refractivity contribution is 5.84. The van der Waals surface area contributed by atoms with Crippen LogP contribution in [0.5, 0.6) is 5.75 Å². The van der Waals surface area contributed by atoms with Crippen LogP contribution in [-0.2, 0) is 10.2 Å². The average molecular weight is 451 g/mol. The maximum atomic E-state index is 13.2. The molecular weight excluding hydrogens is 404 g/mol. The van der Waals surface area contributed by atoms with E-state index in [0.29, 0.717) is 5.75 Å². The van der Waals surface area contributed by atoms with E-state index in [2.05, 4.69) is 19.1 Å². The van der Waals surface area contributed by atoms with Crippen LogP contribution in [0.25, 0.3) is 0 Å². The molecule has 0 radical (unpaired) electrons. The summed E-state index contributed by atoms with van der Waals surface area (Å²) in [6.45, 7) is 4.32. The summed E-state index contributed by atoms with van der Waals surface area (Å²) in [5.74, 6) is 0.459. The summed E-state index contributed by atoms with van der Waals surface area (Å²) in [5, 5.41) is 0. The van der Waals surface area contributed by atoms with Gasteiger partial charge >= 0.3 is 5.97 Å². The molecule has 33 heavy (non-hydrogen) atoms. The van der Waals surface area contributed by atoms with Crippen LogP contribution in [0.4, 0.5) is 0 Å². The van der Waals surface area contributed by atoms with Gasteiger partial charge in [0.2, 0.25) is 0 Å². The third kappa shape index (κ3) is 10.6. The minimum absolute atomic E-state index is 0.158. The number of esters is 1. The van der Waals surface area contributed by atoms with Crippen molar-refractivity contribution in [2.75, 3.05) is 0 Å². The highest BCUT2D eigenvalue weighted by Crippen LogP contribution is 2.32. The minimum Gasteiger partial charge on any atom is -0.426 e. The number of hydrogen-bond acceptors (Lipinski definition) is 2. The van der Waals surface area contributed by atoms with Crippen LogP contribution >= 0.6 is 0 Å². The Morgan fingerprint density at radius 2 is 1.06 bits per heavy atom. The van der Waals surface area contributed by atoms with Gasteiger partial charge in [-0.15, -0.1) is 0 Å². The second kappa shape index (κ2) is 16.5. The topological polar surface area (TPSA) is 26.3 Å². The van der Waals surface area contributed by atoms with Crippen molar-refractivity contribution in [1.29, 1.82) is 0 Å². The first-order valence-electron chi connectivity index (χ1n) is 13.5. The number of para-hydroxylation sites is 1. The molecule has 0 saturated heterocycles. The fourth-order valence-electron chi connectivity index (χ4n) is 4.55. The standard InChI is InChI=1S/C31H46O2/c1-3-4-5-6-7-8-9-10-11-12-13-14-15-22-27-31(2,28-23-18-16-19-24-28)30(32)33-29-25-20-17-21-26-29/h16-21,23-26H,3-15,22,27H2,1-2H3. The maximum absolute atomic E-state index is 13.2. The van der Waals surface area contributed by atoms with Crippen LogP contribution in [0.15, 0.2) is 60.7 Å². The molecule has 0 fully saturated rings. The number of ether oxygens (including phenoxy) is 1. The normalized spacial score (nSPS) is 12.9. The van der Waals surface area contributed by atoms with Gasteiger partial charge in [0.1, 0.15) is 5.75 Å². The van der Waals surface area contributed by atoms with Gasteiger partial charge in [-0.05, 0) is 31.0 Å². The van der Waals surface area contributed by atoms with Crippen LogP contribution < -0.4 is 4.74 Å². The number of hydrogen-bond donors (Lipinski definition) is 0. The van der Waals surface area contributed by atoms with E-state index in [4.69, 9.17) is 4.74 Å². The van der Waals surface area contributed by atoms with Gasteiger partial charge in [0.05, 0.1) is 5.41 Å². The molecule has 2 heteroatoms. The number of rotatable bonds is 18. The average Bonchev–Trinajstić information content (AvgIpc) is 2.85. The molecule has 0 spiro atoms. The fraction of sp³-hybridized carbons (Fsp3) is 0.581. The molecule has 182 valence electrons. The van der Waals surface area contributed by atoms with E-state index in [1.165, 1.54) is 83.5 Å². The van der Waals surface area contributed by atoms with Gasteiger partial charge in [-0.25, -0.2) is 0 Å². The van der Waals surface area contributed by atoms with Crippen molar-refractivity contribution in [3.05, 3.63) is 66.2 Å². The summed E-state index contributed by atoms with van der Waals surface area (Å²) >= 11 is 0. The first-order valence-corrected chi connectivity index (χ1v) is 13.5. The van der Waals surface area contributed by atoms with Gasteiger partial charge in [0, 0.05) is 0 Å². The van der Waals surface area contributed by atoms with E-state index in [9.17, 15) is 4.79 Å². The van der Waals surface area contributed by atoms with Crippen molar-refractivity contribution in [2.45, 2.75) is 116 Å². The lowest BCUT2D eigenvalue weighted by Gasteiger charge is -2.28. The zero-order valence-electron chi connectivity index (χ0n) is 21.2. The van der Waals surface area contributed by atoms with E-state index in [1.54, 1.807) is 0 Å². The van der Waals surface area contributed by atoms with E-state index in [-0.39, 0.29) is 5.97 Å². The monoisotopic (exact) mass is 450 g/mol. The summed E-state index contributed by atoms with van der Waals surface area (Å²) < 4.78 is 5.76. The van der Waals surface area contributed by atoms with Gasteiger partial charge in [-0.1, -0.05) is 145 Å². The van der Waals surface area contributed by atoms with Gasteiger partial charge in [-0.3, -0.25) is 4.79 Å². The minimum atomic E-state index is -0.617. The zero-order valence-corrected chi connectivity index (χ0v) is 21.2. The molecule has 0 bridgehead atoms. The first-order chi connectivity index (χ1) is 16.2. The lowest BCUT2D eigenvalue weighted by atomic mass is 9.78. The quantitative estimate of drug-likeness (QED) is 0.128. The molecule has 1 atom stereocenters. The summed E-state index contributed by atoms with van der Waals surface area (Å²) in [6.07, 6.45) is 19.6. The van der Waals surface area contributed by atoms with Crippen LogP contribution in [0, 0.1) is 0 Å². The molecular formula is C31H46O2. The summed E-state index contributed by atoms with van der Waals surface area (Å²) in [6, 6.07) is 19.5. The highest BCUT2D eigenvalue weighted by Gasteiger charge is 2.36. The molecule has 0 aliphatic heterocycles. The third-order valence-electron chi connectivity index (χ3n) is 6.85. The Kier molecular flexibility index (Phi) is 13.6. The first kappa shape index (κ1) is 27.2. The predicted octanol–water partition coefficient (Wildman–Crippen LogP) is 9.42. The Balaban J connectivity index is 1.66. The molecule has 0 aliphatic carbocycles. The zero-order chi connectivity index (χ0) is 23.6.